The van der Waals surface area contributed by atoms with E-state index in [9.17, 15) is 4.79 Å². The number of amides is 1. The molecular weight excluding hydrogens is 240 g/mol. The van der Waals surface area contributed by atoms with Crippen LogP contribution in [0.5, 0.6) is 5.75 Å². The summed E-state index contributed by atoms with van der Waals surface area (Å²) in [6.07, 6.45) is 0.767. The zero-order valence-corrected chi connectivity index (χ0v) is 12.2. The smallest absolute Gasteiger partial charge is 0.224 e. The maximum Gasteiger partial charge on any atom is 0.224 e. The molecule has 0 fully saturated rings. The standard InChI is InChI=1S/C15H24N2O2/c1-5-12(8-16)15(18)17-9-13-6-11(3)14(19-4)7-10(13)2/h6-7,12H,5,8-9,16H2,1-4H3,(H,17,18). The Morgan fingerprint density at radius 1 is 1.37 bits per heavy atom. The van der Waals surface area contributed by atoms with Crippen molar-refractivity contribution in [1.82, 2.24) is 5.32 Å². The number of benzene rings is 1. The van der Waals surface area contributed by atoms with Gasteiger partial charge in [0.1, 0.15) is 5.75 Å². The lowest BCUT2D eigenvalue weighted by molar-refractivity contribution is -0.124. The molecule has 3 N–H and O–H groups in total. The Bertz CT molecular complexity index is 440. The Balaban J connectivity index is 2.73. The molecule has 0 heterocycles. The summed E-state index contributed by atoms with van der Waals surface area (Å²) in [5, 5.41) is 2.95. The second-order valence-electron chi connectivity index (χ2n) is 4.81. The van der Waals surface area contributed by atoms with E-state index < -0.39 is 0 Å². The topological polar surface area (TPSA) is 64.4 Å². The summed E-state index contributed by atoms with van der Waals surface area (Å²) in [4.78, 5) is 11.9. The van der Waals surface area contributed by atoms with E-state index in [1.165, 1.54) is 0 Å². The van der Waals surface area contributed by atoms with Gasteiger partial charge in [-0.15, -0.1) is 0 Å². The molecule has 1 rings (SSSR count). The zero-order valence-electron chi connectivity index (χ0n) is 12.2. The van der Waals surface area contributed by atoms with Crippen LogP contribution in [-0.2, 0) is 11.3 Å². The Hall–Kier alpha value is -1.55. The van der Waals surface area contributed by atoms with Crippen LogP contribution in [0.1, 0.15) is 30.0 Å². The second kappa shape index (κ2) is 7.14. The van der Waals surface area contributed by atoms with Crippen molar-refractivity contribution in [1.29, 1.82) is 0 Å². The molecule has 0 aromatic heterocycles. The van der Waals surface area contributed by atoms with E-state index in [-0.39, 0.29) is 11.8 Å². The third-order valence-corrected chi connectivity index (χ3v) is 3.45. The van der Waals surface area contributed by atoms with Crippen molar-refractivity contribution >= 4 is 5.91 Å². The first-order valence-electron chi connectivity index (χ1n) is 6.65. The molecular formula is C15H24N2O2. The van der Waals surface area contributed by atoms with Crippen molar-refractivity contribution in [3.63, 3.8) is 0 Å². The molecule has 106 valence electrons. The third kappa shape index (κ3) is 3.96. The fraction of sp³-hybridized carbons (Fsp3) is 0.533. The Morgan fingerprint density at radius 2 is 2.05 bits per heavy atom. The van der Waals surface area contributed by atoms with Gasteiger partial charge in [-0.05, 0) is 43.0 Å². The first kappa shape index (κ1) is 15.5. The molecule has 0 bridgehead atoms. The van der Waals surface area contributed by atoms with Crippen LogP contribution in [0.4, 0.5) is 0 Å². The Morgan fingerprint density at radius 3 is 2.58 bits per heavy atom. The molecule has 0 aliphatic carbocycles. The number of rotatable bonds is 6. The normalized spacial score (nSPS) is 12.1. The molecule has 0 spiro atoms. The average Bonchev–Trinajstić information content (AvgIpc) is 2.40. The minimum atomic E-state index is -0.0975. The molecule has 0 saturated heterocycles. The van der Waals surface area contributed by atoms with Gasteiger partial charge in [0.05, 0.1) is 7.11 Å². The number of carbonyl (C=O) groups is 1. The van der Waals surface area contributed by atoms with Gasteiger partial charge >= 0.3 is 0 Å². The van der Waals surface area contributed by atoms with Crippen LogP contribution in [0.15, 0.2) is 12.1 Å². The molecule has 0 radical (unpaired) electrons. The van der Waals surface area contributed by atoms with Crippen molar-refractivity contribution in [2.75, 3.05) is 13.7 Å². The fourth-order valence-corrected chi connectivity index (χ4v) is 2.05. The highest BCUT2D eigenvalue weighted by Gasteiger charge is 2.14. The monoisotopic (exact) mass is 264 g/mol. The van der Waals surface area contributed by atoms with Crippen molar-refractivity contribution < 1.29 is 9.53 Å². The van der Waals surface area contributed by atoms with E-state index in [1.807, 2.05) is 26.8 Å². The van der Waals surface area contributed by atoms with Gasteiger partial charge in [0.15, 0.2) is 0 Å². The molecule has 1 atom stereocenters. The van der Waals surface area contributed by atoms with Gasteiger partial charge in [0.25, 0.3) is 0 Å². The van der Waals surface area contributed by atoms with Crippen molar-refractivity contribution in [2.45, 2.75) is 33.7 Å². The van der Waals surface area contributed by atoms with Gasteiger partial charge in [0.2, 0.25) is 5.91 Å². The summed E-state index contributed by atoms with van der Waals surface area (Å²) >= 11 is 0. The highest BCUT2D eigenvalue weighted by molar-refractivity contribution is 5.78. The molecule has 4 heteroatoms. The summed E-state index contributed by atoms with van der Waals surface area (Å²) in [5.41, 5.74) is 8.86. The van der Waals surface area contributed by atoms with Crippen LogP contribution < -0.4 is 15.8 Å². The lowest BCUT2D eigenvalue weighted by atomic mass is 10.0. The van der Waals surface area contributed by atoms with E-state index in [4.69, 9.17) is 10.5 Å². The first-order valence-corrected chi connectivity index (χ1v) is 6.65. The molecule has 1 aromatic carbocycles. The molecule has 0 saturated carbocycles. The summed E-state index contributed by atoms with van der Waals surface area (Å²) in [5.74, 6) is 0.804. The van der Waals surface area contributed by atoms with Gasteiger partial charge in [-0.25, -0.2) is 0 Å². The first-order chi connectivity index (χ1) is 9.03. The molecule has 0 aliphatic rings. The van der Waals surface area contributed by atoms with Crippen molar-refractivity contribution in [3.8, 4) is 5.75 Å². The largest absolute Gasteiger partial charge is 0.496 e. The van der Waals surface area contributed by atoms with E-state index in [1.54, 1.807) is 7.11 Å². The number of methoxy groups -OCH3 is 1. The average molecular weight is 264 g/mol. The summed E-state index contributed by atoms with van der Waals surface area (Å²) < 4.78 is 5.28. The maximum absolute atomic E-state index is 11.9. The number of nitrogens with two attached hydrogens (primary N) is 1. The summed E-state index contributed by atoms with van der Waals surface area (Å²) in [7, 11) is 1.66. The number of hydrogen-bond acceptors (Lipinski definition) is 3. The lowest BCUT2D eigenvalue weighted by Gasteiger charge is -2.15. The number of carbonyl (C=O) groups excluding carboxylic acids is 1. The number of aryl methyl sites for hydroxylation is 2. The molecule has 19 heavy (non-hydrogen) atoms. The number of ether oxygens (including phenoxy) is 1. The molecule has 4 nitrogen and oxygen atoms in total. The highest BCUT2D eigenvalue weighted by Crippen LogP contribution is 2.22. The summed E-state index contributed by atoms with van der Waals surface area (Å²) in [6, 6.07) is 4.05. The molecule has 0 aliphatic heterocycles. The second-order valence-corrected chi connectivity index (χ2v) is 4.81. The predicted molar refractivity (Wildman–Crippen MR) is 77.2 cm³/mol. The minimum absolute atomic E-state index is 0.0258. The van der Waals surface area contributed by atoms with E-state index >= 15 is 0 Å². The lowest BCUT2D eigenvalue weighted by Crippen LogP contribution is -2.34. The van der Waals surface area contributed by atoms with Crippen LogP contribution in [0.3, 0.4) is 0 Å². The quantitative estimate of drug-likeness (QED) is 0.825. The van der Waals surface area contributed by atoms with Crippen LogP contribution in [0.2, 0.25) is 0 Å². The molecule has 1 aromatic rings. The van der Waals surface area contributed by atoms with E-state index in [0.29, 0.717) is 13.1 Å². The Labute approximate surface area is 115 Å². The van der Waals surface area contributed by atoms with Crippen LogP contribution in [0.25, 0.3) is 0 Å². The zero-order chi connectivity index (χ0) is 14.4. The fourth-order valence-electron chi connectivity index (χ4n) is 2.05. The summed E-state index contributed by atoms with van der Waals surface area (Å²) in [6.45, 7) is 6.91. The predicted octanol–water partition coefficient (Wildman–Crippen LogP) is 1.91. The van der Waals surface area contributed by atoms with Crippen LogP contribution >= 0.6 is 0 Å². The van der Waals surface area contributed by atoms with Gasteiger partial charge in [-0.2, -0.15) is 0 Å². The number of hydrogen-bond donors (Lipinski definition) is 2. The minimum Gasteiger partial charge on any atom is -0.496 e. The third-order valence-electron chi connectivity index (χ3n) is 3.45. The van der Waals surface area contributed by atoms with Crippen LogP contribution in [-0.4, -0.2) is 19.6 Å². The van der Waals surface area contributed by atoms with Crippen molar-refractivity contribution in [3.05, 3.63) is 28.8 Å². The SMILES string of the molecule is CCC(CN)C(=O)NCc1cc(C)c(OC)cc1C. The molecule has 1 unspecified atom stereocenters. The van der Waals surface area contributed by atoms with Gasteiger partial charge in [0, 0.05) is 19.0 Å². The van der Waals surface area contributed by atoms with E-state index in [0.717, 1.165) is 28.9 Å². The van der Waals surface area contributed by atoms with Crippen LogP contribution in [0, 0.1) is 19.8 Å². The molecule has 1 amide bonds. The number of nitrogens with one attached hydrogen (secondary N) is 1. The maximum atomic E-state index is 11.9. The van der Waals surface area contributed by atoms with E-state index in [2.05, 4.69) is 11.4 Å². The Kier molecular flexibility index (Phi) is 5.83. The van der Waals surface area contributed by atoms with Gasteiger partial charge in [-0.1, -0.05) is 13.0 Å². The highest BCUT2D eigenvalue weighted by atomic mass is 16.5. The van der Waals surface area contributed by atoms with Gasteiger partial charge < -0.3 is 15.8 Å². The van der Waals surface area contributed by atoms with Crippen molar-refractivity contribution in [2.24, 2.45) is 11.7 Å². The van der Waals surface area contributed by atoms with Gasteiger partial charge in [-0.3, -0.25) is 4.79 Å².